The Kier molecular flexibility index (Phi) is 4.08. The van der Waals surface area contributed by atoms with Gasteiger partial charge in [-0.1, -0.05) is 12.1 Å². The first kappa shape index (κ1) is 16.8. The molecule has 1 aromatic rings. The molecule has 2 aliphatic heterocycles. The molecule has 0 aromatic heterocycles. The summed E-state index contributed by atoms with van der Waals surface area (Å²) >= 11 is 1.42. The van der Waals surface area contributed by atoms with E-state index in [-0.39, 0.29) is 11.4 Å². The molecule has 5 heteroatoms. The van der Waals surface area contributed by atoms with Crippen LogP contribution in [-0.4, -0.2) is 42.7 Å². The lowest BCUT2D eigenvalue weighted by atomic mass is 9.88. The van der Waals surface area contributed by atoms with Crippen LogP contribution in [0.2, 0.25) is 0 Å². The third-order valence-electron chi connectivity index (χ3n) is 4.73. The zero-order chi connectivity index (χ0) is 17.6. The largest absolute Gasteiger partial charge is 0.366 e. The summed E-state index contributed by atoms with van der Waals surface area (Å²) in [4.78, 5) is 21.0. The number of likely N-dealkylation sites (N-methyl/N-ethyl adjacent to an activating group) is 2. The fraction of sp³-hybridized carbons (Fsp3) is 0.368. The maximum Gasteiger partial charge on any atom is 0.266 e. The molecule has 1 amide bonds. The van der Waals surface area contributed by atoms with Crippen LogP contribution in [0.3, 0.4) is 0 Å². The number of nitrogens with zero attached hydrogens (tertiary/aromatic N) is 3. The molecule has 1 saturated heterocycles. The van der Waals surface area contributed by atoms with E-state index in [1.807, 2.05) is 6.08 Å². The minimum Gasteiger partial charge on any atom is -0.366 e. The Labute approximate surface area is 147 Å². The SMILES string of the molecule is CN=C1S/C(=C\c2ccc3c(c2)C(C)=CC(C)(C)N3C)C(=O)N1C. The zero-order valence-corrected chi connectivity index (χ0v) is 15.9. The number of anilines is 1. The number of carbonyl (C=O) groups excluding carboxylic acids is 1. The molecule has 0 aliphatic carbocycles. The van der Waals surface area contributed by atoms with Crippen LogP contribution in [0.15, 0.2) is 34.2 Å². The second kappa shape index (κ2) is 5.81. The Morgan fingerprint density at radius 1 is 1.25 bits per heavy atom. The highest BCUT2D eigenvalue weighted by Crippen LogP contribution is 2.39. The van der Waals surface area contributed by atoms with Gasteiger partial charge in [0.1, 0.15) is 0 Å². The van der Waals surface area contributed by atoms with Gasteiger partial charge in [0.2, 0.25) is 0 Å². The molecule has 0 saturated carbocycles. The number of rotatable bonds is 1. The fourth-order valence-electron chi connectivity index (χ4n) is 3.17. The van der Waals surface area contributed by atoms with Crippen LogP contribution < -0.4 is 4.90 Å². The number of aliphatic imine (C=N–C) groups is 1. The van der Waals surface area contributed by atoms with Crippen molar-refractivity contribution in [2.24, 2.45) is 4.99 Å². The summed E-state index contributed by atoms with van der Waals surface area (Å²) in [5.74, 6) is 0.00355. The van der Waals surface area contributed by atoms with Crippen molar-refractivity contribution < 1.29 is 4.79 Å². The standard InChI is InChI=1S/C19H23N3OS/c1-12-11-19(2,3)22(6)15-8-7-13(9-14(12)15)10-16-17(23)21(5)18(20-4)24-16/h7-11H,1-6H3/b16-10-,20-18?. The van der Waals surface area contributed by atoms with Gasteiger partial charge in [-0.15, -0.1) is 0 Å². The van der Waals surface area contributed by atoms with Crippen molar-refractivity contribution in [3.05, 3.63) is 40.3 Å². The lowest BCUT2D eigenvalue weighted by Crippen LogP contribution is -2.42. The number of hydrogen-bond acceptors (Lipinski definition) is 4. The van der Waals surface area contributed by atoms with Gasteiger partial charge in [-0.25, -0.2) is 0 Å². The zero-order valence-electron chi connectivity index (χ0n) is 15.0. The molecule has 1 aromatic carbocycles. The van der Waals surface area contributed by atoms with Crippen molar-refractivity contribution in [2.45, 2.75) is 26.3 Å². The molecule has 4 nitrogen and oxygen atoms in total. The summed E-state index contributed by atoms with van der Waals surface area (Å²) < 4.78 is 0. The fourth-order valence-corrected chi connectivity index (χ4v) is 4.09. The Balaban J connectivity index is 2.01. The van der Waals surface area contributed by atoms with Gasteiger partial charge in [-0.2, -0.15) is 0 Å². The molecule has 2 aliphatic rings. The molecule has 0 radical (unpaired) electrons. The van der Waals surface area contributed by atoms with Gasteiger partial charge in [0, 0.05) is 32.4 Å². The molecular formula is C19H23N3OS. The van der Waals surface area contributed by atoms with E-state index in [1.54, 1.807) is 19.0 Å². The van der Waals surface area contributed by atoms with Gasteiger partial charge in [0.05, 0.1) is 10.4 Å². The third kappa shape index (κ3) is 2.67. The predicted octanol–water partition coefficient (Wildman–Crippen LogP) is 3.85. The molecule has 1 fully saturated rings. The van der Waals surface area contributed by atoms with E-state index in [4.69, 9.17) is 0 Å². The van der Waals surface area contributed by atoms with E-state index in [0.29, 0.717) is 4.91 Å². The molecule has 0 unspecified atom stereocenters. The number of thioether (sulfide) groups is 1. The molecule has 2 heterocycles. The van der Waals surface area contributed by atoms with Gasteiger partial charge >= 0.3 is 0 Å². The Bertz CT molecular complexity index is 805. The molecule has 3 rings (SSSR count). The highest BCUT2D eigenvalue weighted by molar-refractivity contribution is 8.18. The minimum atomic E-state index is 0.00351. The monoisotopic (exact) mass is 341 g/mol. The summed E-state index contributed by atoms with van der Waals surface area (Å²) in [6, 6.07) is 6.38. The highest BCUT2D eigenvalue weighted by Gasteiger charge is 2.31. The van der Waals surface area contributed by atoms with E-state index in [2.05, 4.69) is 62.0 Å². The van der Waals surface area contributed by atoms with Crippen LogP contribution in [0.4, 0.5) is 5.69 Å². The first-order valence-electron chi connectivity index (χ1n) is 7.96. The maximum atomic E-state index is 12.3. The molecule has 24 heavy (non-hydrogen) atoms. The number of hydrogen-bond donors (Lipinski definition) is 0. The van der Waals surface area contributed by atoms with Crippen molar-refractivity contribution in [3.8, 4) is 0 Å². The van der Waals surface area contributed by atoms with Gasteiger partial charge in [0.15, 0.2) is 5.17 Å². The second-order valence-electron chi connectivity index (χ2n) is 6.80. The predicted molar refractivity (Wildman–Crippen MR) is 104 cm³/mol. The van der Waals surface area contributed by atoms with Crippen molar-refractivity contribution >= 4 is 40.2 Å². The number of carbonyl (C=O) groups is 1. The lowest BCUT2D eigenvalue weighted by molar-refractivity contribution is -0.121. The summed E-state index contributed by atoms with van der Waals surface area (Å²) in [5.41, 5.74) is 4.76. The molecule has 0 N–H and O–H groups in total. The molecule has 126 valence electrons. The Morgan fingerprint density at radius 3 is 2.58 bits per heavy atom. The van der Waals surface area contributed by atoms with Crippen molar-refractivity contribution in [1.82, 2.24) is 4.90 Å². The molecular weight excluding hydrogens is 318 g/mol. The summed E-state index contributed by atoms with van der Waals surface area (Å²) in [6.07, 6.45) is 4.24. The normalized spacial score (nSPS) is 23.1. The number of allylic oxidation sites excluding steroid dienone is 1. The van der Waals surface area contributed by atoms with Crippen LogP contribution >= 0.6 is 11.8 Å². The first-order chi connectivity index (χ1) is 11.2. The maximum absolute atomic E-state index is 12.3. The second-order valence-corrected chi connectivity index (χ2v) is 7.81. The third-order valence-corrected chi connectivity index (χ3v) is 5.89. The van der Waals surface area contributed by atoms with Crippen LogP contribution in [0.5, 0.6) is 0 Å². The summed E-state index contributed by atoms with van der Waals surface area (Å²) in [7, 11) is 5.59. The summed E-state index contributed by atoms with van der Waals surface area (Å²) in [5, 5.41) is 0.738. The Morgan fingerprint density at radius 2 is 1.96 bits per heavy atom. The minimum absolute atomic E-state index is 0.00351. The average Bonchev–Trinajstić information content (AvgIpc) is 2.80. The van der Waals surface area contributed by atoms with E-state index in [0.717, 1.165) is 10.7 Å². The smallest absolute Gasteiger partial charge is 0.266 e. The lowest BCUT2D eigenvalue weighted by Gasteiger charge is -2.40. The van der Waals surface area contributed by atoms with E-state index < -0.39 is 0 Å². The highest BCUT2D eigenvalue weighted by atomic mass is 32.2. The van der Waals surface area contributed by atoms with Crippen LogP contribution in [-0.2, 0) is 4.79 Å². The van der Waals surface area contributed by atoms with Crippen LogP contribution in [0.25, 0.3) is 11.6 Å². The topological polar surface area (TPSA) is 35.9 Å². The number of benzene rings is 1. The molecule has 0 spiro atoms. The quantitative estimate of drug-likeness (QED) is 0.728. The van der Waals surface area contributed by atoms with Gasteiger partial charge in [-0.3, -0.25) is 14.7 Å². The number of fused-ring (bicyclic) bond motifs is 1. The molecule has 0 atom stereocenters. The van der Waals surface area contributed by atoms with Gasteiger partial charge in [-0.05, 0) is 61.9 Å². The van der Waals surface area contributed by atoms with Crippen molar-refractivity contribution in [1.29, 1.82) is 0 Å². The summed E-state index contributed by atoms with van der Waals surface area (Å²) in [6.45, 7) is 6.57. The van der Waals surface area contributed by atoms with E-state index >= 15 is 0 Å². The first-order valence-corrected chi connectivity index (χ1v) is 8.78. The van der Waals surface area contributed by atoms with E-state index in [1.165, 1.54) is 28.6 Å². The van der Waals surface area contributed by atoms with E-state index in [9.17, 15) is 4.79 Å². The Hall–Kier alpha value is -2.01. The van der Waals surface area contributed by atoms with Gasteiger partial charge in [0.25, 0.3) is 5.91 Å². The van der Waals surface area contributed by atoms with Crippen LogP contribution in [0, 0.1) is 0 Å². The van der Waals surface area contributed by atoms with Crippen LogP contribution in [0.1, 0.15) is 31.9 Å². The molecule has 0 bridgehead atoms. The van der Waals surface area contributed by atoms with Crippen molar-refractivity contribution in [3.63, 3.8) is 0 Å². The average molecular weight is 341 g/mol. The van der Waals surface area contributed by atoms with Crippen molar-refractivity contribution in [2.75, 3.05) is 26.0 Å². The van der Waals surface area contributed by atoms with Gasteiger partial charge < -0.3 is 4.90 Å². The number of amidine groups is 1. The number of amides is 1.